The van der Waals surface area contributed by atoms with Crippen LogP contribution in [0.3, 0.4) is 0 Å². The second-order valence-corrected chi connectivity index (χ2v) is 6.21. The number of ether oxygens (including phenoxy) is 1. The molecule has 0 aromatic heterocycles. The maximum atomic E-state index is 12.5. The van der Waals surface area contributed by atoms with Crippen molar-refractivity contribution < 1.29 is 18.3 Å². The van der Waals surface area contributed by atoms with E-state index >= 15 is 0 Å². The third kappa shape index (κ3) is 1.96. The number of fused-ring (bicyclic) bond motifs is 1. The summed E-state index contributed by atoms with van der Waals surface area (Å²) >= 11 is 0. The number of carbonyl (C=O) groups excluding carboxylic acids is 1. The van der Waals surface area contributed by atoms with Gasteiger partial charge in [-0.05, 0) is 12.8 Å². The van der Waals surface area contributed by atoms with Crippen molar-refractivity contribution in [3.63, 3.8) is 0 Å². The zero-order valence-corrected chi connectivity index (χ0v) is 11.7. The van der Waals surface area contributed by atoms with Crippen LogP contribution in [0.4, 0.5) is 8.78 Å². The summed E-state index contributed by atoms with van der Waals surface area (Å²) in [4.78, 5) is 13.5. The van der Waals surface area contributed by atoms with Crippen molar-refractivity contribution in [3.05, 3.63) is 0 Å². The molecule has 1 aliphatic carbocycles. The molecular formula is C13H22F2N2O2. The predicted molar refractivity (Wildman–Crippen MR) is 66.8 cm³/mol. The van der Waals surface area contributed by atoms with Gasteiger partial charge in [0.1, 0.15) is 5.54 Å². The third-order valence-electron chi connectivity index (χ3n) is 4.80. The summed E-state index contributed by atoms with van der Waals surface area (Å²) < 4.78 is 30.5. The van der Waals surface area contributed by atoms with E-state index in [4.69, 9.17) is 10.5 Å². The molecule has 3 atom stereocenters. The predicted octanol–water partition coefficient (Wildman–Crippen LogP) is 1.24. The number of nitrogens with zero attached hydrogens (tertiary/aromatic N) is 1. The Morgan fingerprint density at radius 3 is 2.74 bits per heavy atom. The van der Waals surface area contributed by atoms with Crippen molar-refractivity contribution in [2.75, 3.05) is 20.2 Å². The normalized spacial score (nSPS) is 36.6. The van der Waals surface area contributed by atoms with Gasteiger partial charge in [-0.1, -0.05) is 13.8 Å². The van der Waals surface area contributed by atoms with Gasteiger partial charge in [-0.25, -0.2) is 8.78 Å². The molecule has 3 unspecified atom stereocenters. The minimum atomic E-state index is -2.54. The Morgan fingerprint density at radius 2 is 2.16 bits per heavy atom. The van der Waals surface area contributed by atoms with Gasteiger partial charge in [-0.2, -0.15) is 0 Å². The van der Waals surface area contributed by atoms with Gasteiger partial charge in [0.15, 0.2) is 0 Å². The van der Waals surface area contributed by atoms with Crippen LogP contribution < -0.4 is 5.73 Å². The molecule has 0 radical (unpaired) electrons. The highest BCUT2D eigenvalue weighted by molar-refractivity contribution is 5.89. The average Bonchev–Trinajstić information content (AvgIpc) is 2.36. The van der Waals surface area contributed by atoms with Crippen LogP contribution in [0.25, 0.3) is 0 Å². The molecule has 0 spiro atoms. The molecule has 1 heterocycles. The SMILES string of the molecule is CN(CC(F)F)C(=O)C1(N)C2CCCOC2C1(C)C. The summed E-state index contributed by atoms with van der Waals surface area (Å²) in [5, 5.41) is 0. The molecule has 2 fully saturated rings. The Kier molecular flexibility index (Phi) is 3.60. The van der Waals surface area contributed by atoms with Gasteiger partial charge in [-0.15, -0.1) is 0 Å². The van der Waals surface area contributed by atoms with Crippen molar-refractivity contribution in [2.45, 2.75) is 44.8 Å². The van der Waals surface area contributed by atoms with Gasteiger partial charge >= 0.3 is 0 Å². The van der Waals surface area contributed by atoms with Crippen LogP contribution >= 0.6 is 0 Å². The van der Waals surface area contributed by atoms with Crippen molar-refractivity contribution in [1.29, 1.82) is 0 Å². The second-order valence-electron chi connectivity index (χ2n) is 6.21. The van der Waals surface area contributed by atoms with E-state index in [1.165, 1.54) is 7.05 Å². The standard InChI is InChI=1S/C13H22F2N2O2/c1-12(2)10-8(5-4-6-19-10)13(12,16)11(18)17(3)7-9(14)15/h8-10H,4-7,16H2,1-3H3. The van der Waals surface area contributed by atoms with E-state index < -0.39 is 29.8 Å². The number of nitrogens with two attached hydrogens (primary N) is 1. The summed E-state index contributed by atoms with van der Waals surface area (Å²) in [6.45, 7) is 3.87. The third-order valence-corrected chi connectivity index (χ3v) is 4.80. The number of halogens is 2. The Hall–Kier alpha value is -0.750. The number of hydrogen-bond donors (Lipinski definition) is 1. The summed E-state index contributed by atoms with van der Waals surface area (Å²) in [6, 6.07) is 0. The zero-order valence-electron chi connectivity index (χ0n) is 11.7. The molecule has 1 saturated carbocycles. The van der Waals surface area contributed by atoms with Crippen LogP contribution in [0.15, 0.2) is 0 Å². The molecule has 0 aromatic carbocycles. The smallest absolute Gasteiger partial charge is 0.255 e. The van der Waals surface area contributed by atoms with Gasteiger partial charge < -0.3 is 15.4 Å². The lowest BCUT2D eigenvalue weighted by atomic mass is 9.46. The van der Waals surface area contributed by atoms with Crippen molar-refractivity contribution in [3.8, 4) is 0 Å². The summed E-state index contributed by atoms with van der Waals surface area (Å²) in [5.74, 6) is -0.464. The van der Waals surface area contributed by atoms with Crippen molar-refractivity contribution in [2.24, 2.45) is 17.1 Å². The minimum absolute atomic E-state index is 0.0462. The number of alkyl halides is 2. The van der Waals surface area contributed by atoms with Crippen LogP contribution in [0, 0.1) is 11.3 Å². The number of carbonyl (C=O) groups is 1. The highest BCUT2D eigenvalue weighted by Crippen LogP contribution is 2.57. The first-order chi connectivity index (χ1) is 8.73. The molecule has 2 N–H and O–H groups in total. The second kappa shape index (κ2) is 4.66. The monoisotopic (exact) mass is 276 g/mol. The average molecular weight is 276 g/mol. The summed E-state index contributed by atoms with van der Waals surface area (Å²) in [7, 11) is 1.39. The van der Waals surface area contributed by atoms with E-state index in [9.17, 15) is 13.6 Å². The molecule has 19 heavy (non-hydrogen) atoms. The van der Waals surface area contributed by atoms with Crippen LogP contribution in [0.1, 0.15) is 26.7 Å². The Morgan fingerprint density at radius 1 is 1.53 bits per heavy atom. The fraction of sp³-hybridized carbons (Fsp3) is 0.923. The number of amides is 1. The molecule has 0 bridgehead atoms. The maximum Gasteiger partial charge on any atom is 0.255 e. The van der Waals surface area contributed by atoms with E-state index in [1.54, 1.807) is 0 Å². The van der Waals surface area contributed by atoms with Crippen LogP contribution in [0.5, 0.6) is 0 Å². The highest BCUT2D eigenvalue weighted by Gasteiger charge is 2.70. The Bertz CT molecular complexity index is 376. The lowest BCUT2D eigenvalue weighted by Gasteiger charge is -2.65. The van der Waals surface area contributed by atoms with Gasteiger partial charge in [0, 0.05) is 25.0 Å². The molecule has 1 amide bonds. The van der Waals surface area contributed by atoms with Crippen LogP contribution in [0.2, 0.25) is 0 Å². The minimum Gasteiger partial charge on any atom is -0.377 e. The van der Waals surface area contributed by atoms with Gasteiger partial charge in [-0.3, -0.25) is 4.79 Å². The van der Waals surface area contributed by atoms with Gasteiger partial charge in [0.2, 0.25) is 5.91 Å². The van der Waals surface area contributed by atoms with Crippen molar-refractivity contribution in [1.82, 2.24) is 4.90 Å². The lowest BCUT2D eigenvalue weighted by molar-refractivity contribution is -0.230. The van der Waals surface area contributed by atoms with Crippen LogP contribution in [-0.4, -0.2) is 49.1 Å². The van der Waals surface area contributed by atoms with E-state index in [1.807, 2.05) is 13.8 Å². The molecule has 110 valence electrons. The number of rotatable bonds is 3. The molecule has 0 aromatic rings. The highest BCUT2D eigenvalue weighted by atomic mass is 19.3. The first-order valence-corrected chi connectivity index (χ1v) is 6.67. The fourth-order valence-electron chi connectivity index (χ4n) is 3.62. The summed E-state index contributed by atoms with van der Waals surface area (Å²) in [5.41, 5.74) is 4.72. The van der Waals surface area contributed by atoms with Gasteiger partial charge in [0.25, 0.3) is 6.43 Å². The fourth-order valence-corrected chi connectivity index (χ4v) is 3.62. The largest absolute Gasteiger partial charge is 0.377 e. The molecule has 1 saturated heterocycles. The Balaban J connectivity index is 2.19. The molecule has 1 aliphatic heterocycles. The van der Waals surface area contributed by atoms with E-state index in [0.717, 1.165) is 17.7 Å². The first-order valence-electron chi connectivity index (χ1n) is 6.67. The topological polar surface area (TPSA) is 55.6 Å². The molecule has 2 rings (SSSR count). The quantitative estimate of drug-likeness (QED) is 0.844. The first kappa shape index (κ1) is 14.7. The van der Waals surface area contributed by atoms with E-state index in [2.05, 4.69) is 0 Å². The molecular weight excluding hydrogens is 254 g/mol. The van der Waals surface area contributed by atoms with Crippen molar-refractivity contribution >= 4 is 5.91 Å². The maximum absolute atomic E-state index is 12.5. The number of likely N-dealkylation sites (N-methyl/N-ethyl adjacent to an activating group) is 1. The molecule has 6 heteroatoms. The van der Waals surface area contributed by atoms with Gasteiger partial charge in [0.05, 0.1) is 12.6 Å². The Labute approximate surface area is 112 Å². The van der Waals surface area contributed by atoms with E-state index in [-0.39, 0.29) is 12.0 Å². The van der Waals surface area contributed by atoms with Crippen LogP contribution in [-0.2, 0) is 9.53 Å². The zero-order chi connectivity index (χ0) is 14.4. The lowest BCUT2D eigenvalue weighted by Crippen LogP contribution is -2.82. The molecule has 2 aliphatic rings. The summed E-state index contributed by atoms with van der Waals surface area (Å²) in [6.07, 6.45) is -0.907. The number of hydrogen-bond acceptors (Lipinski definition) is 3. The molecule has 4 nitrogen and oxygen atoms in total. The van der Waals surface area contributed by atoms with E-state index in [0.29, 0.717) is 6.61 Å².